The van der Waals surface area contributed by atoms with Crippen LogP contribution >= 0.6 is 0 Å². The van der Waals surface area contributed by atoms with Crippen molar-refractivity contribution in [1.29, 1.82) is 0 Å². The zero-order valence-electron chi connectivity index (χ0n) is 9.00. The van der Waals surface area contributed by atoms with Gasteiger partial charge in [0.15, 0.2) is 0 Å². The van der Waals surface area contributed by atoms with E-state index < -0.39 is 0 Å². The highest BCUT2D eigenvalue weighted by Crippen LogP contribution is 2.44. The average molecular weight is 180 g/mol. The van der Waals surface area contributed by atoms with Gasteiger partial charge in [-0.05, 0) is 57.0 Å². The smallest absolute Gasteiger partial charge is 0.0152 e. The quantitative estimate of drug-likeness (QED) is 0.645. The van der Waals surface area contributed by atoms with E-state index in [-0.39, 0.29) is 0 Å². The van der Waals surface area contributed by atoms with E-state index in [2.05, 4.69) is 25.2 Å². The van der Waals surface area contributed by atoms with Crippen LogP contribution in [0.2, 0.25) is 0 Å². The van der Waals surface area contributed by atoms with Crippen molar-refractivity contribution in [3.8, 4) is 0 Å². The maximum absolute atomic E-state index is 2.69. The van der Waals surface area contributed by atoms with Gasteiger partial charge < -0.3 is 4.90 Å². The fraction of sp³-hybridized carbons (Fsp3) is 0.917. The molecule has 0 N–H and O–H groups in total. The Hall–Kier alpha value is -0.0400. The van der Waals surface area contributed by atoms with Crippen molar-refractivity contribution in [2.75, 3.05) is 13.1 Å². The lowest BCUT2D eigenvalue weighted by Gasteiger charge is -2.38. The van der Waals surface area contributed by atoms with Gasteiger partial charge in [0.25, 0.3) is 0 Å². The fourth-order valence-corrected chi connectivity index (χ4v) is 3.44. The lowest BCUT2D eigenvalue weighted by atomic mass is 9.83. The molecular formula is C12H22N. The molecule has 0 aromatic heterocycles. The van der Waals surface area contributed by atoms with Crippen LogP contribution in [0.1, 0.15) is 39.5 Å². The van der Waals surface area contributed by atoms with Crippen LogP contribution in [0.5, 0.6) is 0 Å². The molecule has 2 aliphatic rings. The van der Waals surface area contributed by atoms with Gasteiger partial charge >= 0.3 is 0 Å². The third-order valence-corrected chi connectivity index (χ3v) is 4.05. The summed E-state index contributed by atoms with van der Waals surface area (Å²) >= 11 is 0. The van der Waals surface area contributed by atoms with Gasteiger partial charge in [0.05, 0.1) is 0 Å². The molecule has 0 aromatic carbocycles. The average Bonchev–Trinajstić information content (AvgIpc) is 2.42. The monoisotopic (exact) mass is 180 g/mol. The second-order valence-corrected chi connectivity index (χ2v) is 4.57. The summed E-state index contributed by atoms with van der Waals surface area (Å²) in [7, 11) is 0. The van der Waals surface area contributed by atoms with Gasteiger partial charge in [-0.1, -0.05) is 13.8 Å². The first kappa shape index (κ1) is 9.51. The zero-order chi connectivity index (χ0) is 9.26. The summed E-state index contributed by atoms with van der Waals surface area (Å²) in [5.41, 5.74) is 0. The molecule has 1 nitrogen and oxygen atoms in total. The van der Waals surface area contributed by atoms with Crippen molar-refractivity contribution >= 4 is 0 Å². The minimum Gasteiger partial charge on any atom is -0.300 e. The number of hydrogen-bond acceptors (Lipinski definition) is 1. The Morgan fingerprint density at radius 3 is 2.08 bits per heavy atom. The van der Waals surface area contributed by atoms with E-state index in [1.165, 1.54) is 38.8 Å². The summed E-state index contributed by atoms with van der Waals surface area (Å²) in [5.74, 6) is 2.00. The summed E-state index contributed by atoms with van der Waals surface area (Å²) in [6, 6.07) is 0.931. The van der Waals surface area contributed by atoms with Crippen molar-refractivity contribution in [3.05, 3.63) is 6.42 Å². The highest BCUT2D eigenvalue weighted by atomic mass is 15.2. The summed E-state index contributed by atoms with van der Waals surface area (Å²) in [5, 5.41) is 0. The van der Waals surface area contributed by atoms with Gasteiger partial charge in [-0.15, -0.1) is 0 Å². The topological polar surface area (TPSA) is 3.24 Å². The highest BCUT2D eigenvalue weighted by Gasteiger charge is 2.40. The van der Waals surface area contributed by atoms with Crippen LogP contribution in [0, 0.1) is 18.3 Å². The molecule has 0 heterocycles. The van der Waals surface area contributed by atoms with Crippen molar-refractivity contribution in [2.45, 2.75) is 45.6 Å². The highest BCUT2D eigenvalue weighted by molar-refractivity contribution is 4.99. The summed E-state index contributed by atoms with van der Waals surface area (Å²) in [6.45, 7) is 7.10. The van der Waals surface area contributed by atoms with E-state index in [1.807, 2.05) is 0 Å². The van der Waals surface area contributed by atoms with E-state index in [0.29, 0.717) is 0 Å². The van der Waals surface area contributed by atoms with E-state index in [0.717, 1.165) is 17.9 Å². The van der Waals surface area contributed by atoms with E-state index in [4.69, 9.17) is 0 Å². The SMILES string of the molecule is CCN(CC)C1C2C[CH]CC1CC2. The summed E-state index contributed by atoms with van der Waals surface area (Å²) in [4.78, 5) is 2.69. The summed E-state index contributed by atoms with van der Waals surface area (Å²) < 4.78 is 0. The van der Waals surface area contributed by atoms with Crippen molar-refractivity contribution < 1.29 is 0 Å². The number of nitrogens with zero attached hydrogens (tertiary/aromatic N) is 1. The van der Waals surface area contributed by atoms with E-state index in [1.54, 1.807) is 0 Å². The fourth-order valence-electron chi connectivity index (χ4n) is 3.44. The molecule has 2 atom stereocenters. The van der Waals surface area contributed by atoms with Crippen LogP contribution in [0.15, 0.2) is 0 Å². The van der Waals surface area contributed by atoms with Crippen molar-refractivity contribution in [3.63, 3.8) is 0 Å². The minimum absolute atomic E-state index is 0.931. The Kier molecular flexibility index (Phi) is 2.92. The molecule has 0 amide bonds. The van der Waals surface area contributed by atoms with Crippen LogP contribution in [0.4, 0.5) is 0 Å². The number of rotatable bonds is 3. The maximum atomic E-state index is 2.69. The van der Waals surface area contributed by atoms with E-state index in [9.17, 15) is 0 Å². The molecule has 2 fully saturated rings. The third kappa shape index (κ3) is 1.63. The Morgan fingerprint density at radius 2 is 1.62 bits per heavy atom. The van der Waals surface area contributed by atoms with Crippen LogP contribution in [0.25, 0.3) is 0 Å². The lowest BCUT2D eigenvalue weighted by molar-refractivity contribution is 0.121. The van der Waals surface area contributed by atoms with Gasteiger partial charge in [0, 0.05) is 6.04 Å². The molecule has 2 rings (SSSR count). The predicted octanol–water partition coefficient (Wildman–Crippen LogP) is 2.72. The van der Waals surface area contributed by atoms with Gasteiger partial charge in [-0.25, -0.2) is 0 Å². The molecular weight excluding hydrogens is 158 g/mol. The molecule has 75 valence electrons. The molecule has 0 aromatic rings. The second kappa shape index (κ2) is 4.00. The van der Waals surface area contributed by atoms with E-state index >= 15 is 0 Å². The second-order valence-electron chi connectivity index (χ2n) is 4.57. The molecule has 1 radical (unpaired) electrons. The zero-order valence-corrected chi connectivity index (χ0v) is 9.00. The molecule has 1 heteroatoms. The van der Waals surface area contributed by atoms with Crippen molar-refractivity contribution in [2.24, 2.45) is 11.8 Å². The number of fused-ring (bicyclic) bond motifs is 2. The van der Waals surface area contributed by atoms with Crippen LogP contribution in [-0.4, -0.2) is 24.0 Å². The van der Waals surface area contributed by atoms with Crippen molar-refractivity contribution in [1.82, 2.24) is 4.90 Å². The summed E-state index contributed by atoms with van der Waals surface area (Å²) in [6.07, 6.45) is 8.28. The first-order valence-electron chi connectivity index (χ1n) is 5.92. The third-order valence-electron chi connectivity index (χ3n) is 4.05. The Balaban J connectivity index is 2.05. The normalized spacial score (nSPS) is 38.5. The molecule has 2 saturated carbocycles. The molecule has 0 spiro atoms. The predicted molar refractivity (Wildman–Crippen MR) is 56.5 cm³/mol. The maximum Gasteiger partial charge on any atom is 0.0152 e. The molecule has 13 heavy (non-hydrogen) atoms. The first-order chi connectivity index (χ1) is 6.36. The molecule has 0 aliphatic heterocycles. The van der Waals surface area contributed by atoms with Gasteiger partial charge in [-0.2, -0.15) is 0 Å². The minimum atomic E-state index is 0.931. The molecule has 2 aliphatic carbocycles. The molecule has 2 bridgehead atoms. The Bertz CT molecular complexity index is 147. The Morgan fingerprint density at radius 1 is 1.08 bits per heavy atom. The van der Waals surface area contributed by atoms with Crippen LogP contribution in [0.3, 0.4) is 0 Å². The van der Waals surface area contributed by atoms with Gasteiger partial charge in [0.2, 0.25) is 0 Å². The molecule has 2 unspecified atom stereocenters. The largest absolute Gasteiger partial charge is 0.300 e. The lowest BCUT2D eigenvalue weighted by Crippen LogP contribution is -2.43. The standard InChI is InChI=1S/C12H22N/c1-3-13(4-2)12-10-6-5-7-11(12)9-8-10/h5,10-12H,3-4,6-9H2,1-2H3. The van der Waals surface area contributed by atoms with Crippen LogP contribution < -0.4 is 0 Å². The number of hydrogen-bond donors (Lipinski definition) is 0. The molecule has 0 saturated heterocycles. The van der Waals surface area contributed by atoms with Gasteiger partial charge in [-0.3, -0.25) is 0 Å². The Labute approximate surface area is 82.5 Å². The van der Waals surface area contributed by atoms with Gasteiger partial charge in [0.1, 0.15) is 0 Å². The van der Waals surface area contributed by atoms with Crippen LogP contribution in [-0.2, 0) is 0 Å². The first-order valence-corrected chi connectivity index (χ1v) is 5.92.